The molecule has 0 N–H and O–H groups in total. The number of halogens is 1. The maximum absolute atomic E-state index is 14.5. The van der Waals surface area contributed by atoms with Gasteiger partial charge in [0, 0.05) is 23.6 Å². The van der Waals surface area contributed by atoms with Gasteiger partial charge in [0.25, 0.3) is 11.8 Å². The number of fused-ring (bicyclic) bond motifs is 5. The van der Waals surface area contributed by atoms with Crippen LogP contribution in [-0.4, -0.2) is 28.6 Å². The largest absolute Gasteiger partial charge is 0.450 e. The second kappa shape index (κ2) is 8.49. The highest BCUT2D eigenvalue weighted by Gasteiger charge is 2.66. The first-order valence-corrected chi connectivity index (χ1v) is 13.3. The minimum atomic E-state index is -1.76. The van der Waals surface area contributed by atoms with Gasteiger partial charge < -0.3 is 9.32 Å². The molecule has 37 heavy (non-hydrogen) atoms. The van der Waals surface area contributed by atoms with E-state index in [1.165, 1.54) is 22.3 Å². The fraction of sp³-hybridized carbons (Fsp3) is 0.296. The number of hydrogen-bond donors (Lipinski definition) is 0. The molecule has 2 aromatic heterocycles. The van der Waals surface area contributed by atoms with Crippen LogP contribution in [0.4, 0.5) is 10.8 Å². The Morgan fingerprint density at radius 2 is 1.89 bits per heavy atom. The Kier molecular flexibility index (Phi) is 5.47. The van der Waals surface area contributed by atoms with E-state index in [9.17, 15) is 14.4 Å². The number of nitrogens with zero attached hydrogens (tertiary/aromatic N) is 4. The number of hydrogen-bond acceptors (Lipinski definition) is 7. The zero-order valence-corrected chi connectivity index (χ0v) is 22.0. The van der Waals surface area contributed by atoms with Gasteiger partial charge in [-0.3, -0.25) is 19.3 Å². The topological polar surface area (TPSA) is 96.6 Å². The van der Waals surface area contributed by atoms with Gasteiger partial charge in [0.1, 0.15) is 10.6 Å². The normalized spacial score (nSPS) is 18.5. The highest BCUT2D eigenvalue weighted by atomic mass is 35.5. The molecule has 188 valence electrons. The van der Waals surface area contributed by atoms with Crippen LogP contribution in [0.3, 0.4) is 0 Å². The van der Waals surface area contributed by atoms with Gasteiger partial charge in [0.15, 0.2) is 11.0 Å². The first-order chi connectivity index (χ1) is 17.8. The van der Waals surface area contributed by atoms with Crippen molar-refractivity contribution in [2.24, 2.45) is 5.92 Å². The van der Waals surface area contributed by atoms with E-state index in [-0.39, 0.29) is 27.4 Å². The molecular formula is C27H23ClN4O4S. The first kappa shape index (κ1) is 23.8. The van der Waals surface area contributed by atoms with Gasteiger partial charge in [-0.05, 0) is 36.6 Å². The van der Waals surface area contributed by atoms with Gasteiger partial charge in [0.05, 0.1) is 16.6 Å². The molecule has 4 heterocycles. The number of rotatable bonds is 5. The van der Waals surface area contributed by atoms with E-state index in [2.05, 4.69) is 24.0 Å². The second-order valence-corrected chi connectivity index (χ2v) is 11.2. The Labute approximate surface area is 221 Å². The Hall–Kier alpha value is -3.56. The molecule has 2 aromatic carbocycles. The molecule has 8 nitrogen and oxygen atoms in total. The predicted octanol–water partition coefficient (Wildman–Crippen LogP) is 5.16. The molecule has 1 spiro atoms. The zero-order chi connectivity index (χ0) is 26.1. The second-order valence-electron chi connectivity index (χ2n) is 9.68. The van der Waals surface area contributed by atoms with E-state index < -0.39 is 22.8 Å². The number of carbonyl (C=O) groups is 2. The molecule has 0 aliphatic carbocycles. The van der Waals surface area contributed by atoms with E-state index in [1.54, 1.807) is 29.2 Å². The van der Waals surface area contributed by atoms with E-state index in [0.717, 1.165) is 5.01 Å². The van der Waals surface area contributed by atoms with Gasteiger partial charge >= 0.3 is 0 Å². The maximum Gasteiger partial charge on any atom is 0.297 e. The van der Waals surface area contributed by atoms with Gasteiger partial charge in [-0.2, -0.15) is 0 Å². The third-order valence-corrected chi connectivity index (χ3v) is 7.93. The summed E-state index contributed by atoms with van der Waals surface area (Å²) in [6.07, 6.45) is 1.36. The molecular weight excluding hydrogens is 512 g/mol. The molecule has 4 aromatic rings. The summed E-state index contributed by atoms with van der Waals surface area (Å²) in [5.41, 5.74) is -0.830. The summed E-state index contributed by atoms with van der Waals surface area (Å²) in [6.45, 7) is 6.53. The van der Waals surface area contributed by atoms with Crippen LogP contribution in [0.5, 0.6) is 0 Å². The van der Waals surface area contributed by atoms with Crippen LogP contribution in [0.25, 0.3) is 11.0 Å². The monoisotopic (exact) mass is 534 g/mol. The summed E-state index contributed by atoms with van der Waals surface area (Å²) >= 11 is 7.46. The number of para-hydroxylation sites is 1. The Morgan fingerprint density at radius 3 is 2.65 bits per heavy atom. The summed E-state index contributed by atoms with van der Waals surface area (Å²) in [7, 11) is 0. The van der Waals surface area contributed by atoms with Gasteiger partial charge in [-0.25, -0.2) is 0 Å². The first-order valence-electron chi connectivity index (χ1n) is 12.1. The third kappa shape index (κ3) is 3.23. The lowest BCUT2D eigenvalue weighted by atomic mass is 9.84. The van der Waals surface area contributed by atoms with Crippen LogP contribution < -0.4 is 15.2 Å². The van der Waals surface area contributed by atoms with Crippen LogP contribution in [0.15, 0.2) is 51.7 Å². The minimum Gasteiger partial charge on any atom is -0.450 e. The van der Waals surface area contributed by atoms with Crippen molar-refractivity contribution in [3.8, 4) is 0 Å². The Balaban J connectivity index is 1.71. The Bertz CT molecular complexity index is 1660. The van der Waals surface area contributed by atoms with Crippen molar-refractivity contribution < 1.29 is 14.0 Å². The molecule has 2 amide bonds. The van der Waals surface area contributed by atoms with Gasteiger partial charge in [0.2, 0.25) is 10.9 Å². The molecule has 0 saturated carbocycles. The fourth-order valence-electron chi connectivity index (χ4n) is 5.35. The zero-order valence-electron chi connectivity index (χ0n) is 20.4. The number of benzene rings is 2. The van der Waals surface area contributed by atoms with Crippen molar-refractivity contribution in [1.29, 1.82) is 0 Å². The lowest BCUT2D eigenvalue weighted by molar-refractivity contribution is -0.121. The predicted molar refractivity (Wildman–Crippen MR) is 143 cm³/mol. The molecule has 0 saturated heterocycles. The molecule has 1 unspecified atom stereocenters. The highest BCUT2D eigenvalue weighted by molar-refractivity contribution is 7.15. The van der Waals surface area contributed by atoms with E-state index >= 15 is 0 Å². The summed E-state index contributed by atoms with van der Waals surface area (Å²) in [6, 6.07) is 11.9. The number of amides is 2. The van der Waals surface area contributed by atoms with E-state index in [4.69, 9.17) is 16.0 Å². The number of aromatic nitrogens is 2. The van der Waals surface area contributed by atoms with Crippen molar-refractivity contribution in [3.05, 3.63) is 79.6 Å². The average Bonchev–Trinajstić information content (AvgIpc) is 3.49. The lowest BCUT2D eigenvalue weighted by Crippen LogP contribution is -2.53. The van der Waals surface area contributed by atoms with E-state index in [1.807, 2.05) is 19.1 Å². The quantitative estimate of drug-likeness (QED) is 0.351. The molecule has 0 radical (unpaired) electrons. The summed E-state index contributed by atoms with van der Waals surface area (Å²) < 4.78 is 6.06. The maximum atomic E-state index is 14.5. The van der Waals surface area contributed by atoms with Crippen molar-refractivity contribution in [2.45, 2.75) is 39.2 Å². The van der Waals surface area contributed by atoms with Crippen LogP contribution in [0, 0.1) is 5.92 Å². The molecule has 6 rings (SSSR count). The van der Waals surface area contributed by atoms with Crippen molar-refractivity contribution in [3.63, 3.8) is 0 Å². The highest BCUT2D eigenvalue weighted by Crippen LogP contribution is 2.54. The van der Waals surface area contributed by atoms with Crippen molar-refractivity contribution in [1.82, 2.24) is 10.2 Å². The molecule has 0 fully saturated rings. The van der Waals surface area contributed by atoms with Crippen LogP contribution in [-0.2, 0) is 16.8 Å². The van der Waals surface area contributed by atoms with Crippen LogP contribution in [0.1, 0.15) is 53.9 Å². The summed E-state index contributed by atoms with van der Waals surface area (Å²) in [5.74, 6) is -0.829. The van der Waals surface area contributed by atoms with Gasteiger partial charge in [-0.1, -0.05) is 61.9 Å². The summed E-state index contributed by atoms with van der Waals surface area (Å²) in [5, 5.41) is 10.2. The van der Waals surface area contributed by atoms with Crippen molar-refractivity contribution in [2.75, 3.05) is 16.3 Å². The number of anilines is 2. The molecule has 10 heteroatoms. The van der Waals surface area contributed by atoms with Crippen LogP contribution >= 0.6 is 22.9 Å². The molecule has 0 bridgehead atoms. The van der Waals surface area contributed by atoms with Crippen molar-refractivity contribution >= 4 is 56.5 Å². The summed E-state index contributed by atoms with van der Waals surface area (Å²) in [4.78, 5) is 45.7. The molecule has 2 aliphatic heterocycles. The van der Waals surface area contributed by atoms with Crippen LogP contribution in [0.2, 0.25) is 5.02 Å². The standard InChI is InChI=1S/C27H23ClN4O4S/c1-4-11-31-18-8-6-5-7-17(18)27(25(31)35)21-22(33)16-13-15(28)9-10-19(16)36-23(21)24(34)32(27)26-30-29-20(37-26)12-14(2)3/h5-10,13-14H,4,11-12H2,1-3H3. The molecule has 1 atom stereocenters. The van der Waals surface area contributed by atoms with E-state index in [0.29, 0.717) is 41.6 Å². The Morgan fingerprint density at radius 1 is 1.11 bits per heavy atom. The average molecular weight is 535 g/mol. The number of carbonyl (C=O) groups excluding carboxylic acids is 2. The third-order valence-electron chi connectivity index (χ3n) is 6.76. The smallest absolute Gasteiger partial charge is 0.297 e. The van der Waals surface area contributed by atoms with Gasteiger partial charge in [-0.15, -0.1) is 10.2 Å². The minimum absolute atomic E-state index is 0.0103. The lowest BCUT2D eigenvalue weighted by Gasteiger charge is -2.32. The molecule has 2 aliphatic rings. The SMILES string of the molecule is CCCN1C(=O)C2(c3ccccc31)c1c(oc3ccc(Cl)cc3c1=O)C(=O)N2c1nnc(CC(C)C)s1. The fourth-order valence-corrected chi connectivity index (χ4v) is 6.62.